The first-order valence-electron chi connectivity index (χ1n) is 30.5. The van der Waals surface area contributed by atoms with Crippen LogP contribution in [0.5, 0.6) is 5.75 Å². The maximum atomic E-state index is 14.1. The minimum absolute atomic E-state index is 0.0414. The average molecular weight is 1380 g/mol. The zero-order valence-electron chi connectivity index (χ0n) is 54.6. The number of amides is 14. The van der Waals surface area contributed by atoms with Gasteiger partial charge in [-0.3, -0.25) is 72.1 Å². The van der Waals surface area contributed by atoms with Gasteiger partial charge in [0, 0.05) is 18.7 Å². The summed E-state index contributed by atoms with van der Waals surface area (Å²) in [6, 6.07) is -8.64. The number of rotatable bonds is 45. The molecule has 1 rings (SSSR count). The number of primary amides is 2. The van der Waals surface area contributed by atoms with Crippen LogP contribution in [-0.2, 0) is 78.3 Å². The number of thioether (sulfide) groups is 1. The first-order valence-corrected chi connectivity index (χ1v) is 32.6. The Kier molecular flexibility index (Phi) is 38.7. The number of phenolic OH excluding ortho intramolecular Hbond substituents is 1. The minimum atomic E-state index is -1.88. The number of phenols is 1. The Morgan fingerprint density at radius 2 is 0.958 bits per heavy atom. The summed E-state index contributed by atoms with van der Waals surface area (Å²) in [6.07, 6.45) is 0.460. The molecule has 0 saturated carbocycles. The summed E-state index contributed by atoms with van der Waals surface area (Å²) in [7, 11) is 0. The molecule has 0 heterocycles. The van der Waals surface area contributed by atoms with Gasteiger partial charge < -0.3 is 103 Å². The van der Waals surface area contributed by atoms with Crippen LogP contribution in [0.15, 0.2) is 29.3 Å². The molecule has 24 N–H and O–H groups in total. The van der Waals surface area contributed by atoms with E-state index < -0.39 is 187 Å². The number of hydrogen-bond acceptors (Lipinski definition) is 20. The van der Waals surface area contributed by atoms with E-state index in [-0.39, 0.29) is 67.9 Å². The van der Waals surface area contributed by atoms with Crippen LogP contribution in [0.4, 0.5) is 0 Å². The number of guanidine groups is 1. The van der Waals surface area contributed by atoms with Gasteiger partial charge in [0.2, 0.25) is 82.7 Å². The maximum absolute atomic E-state index is 14.1. The van der Waals surface area contributed by atoms with Gasteiger partial charge in [0.1, 0.15) is 60.1 Å². The number of carboxylic acids is 1. The second kappa shape index (κ2) is 43.8. The van der Waals surface area contributed by atoms with E-state index in [1.165, 1.54) is 43.0 Å². The van der Waals surface area contributed by atoms with Crippen molar-refractivity contribution in [2.24, 2.45) is 51.4 Å². The van der Waals surface area contributed by atoms with Gasteiger partial charge in [-0.1, -0.05) is 60.1 Å². The number of benzene rings is 1. The fourth-order valence-corrected chi connectivity index (χ4v) is 9.44. The normalized spacial score (nSPS) is 14.4. The van der Waals surface area contributed by atoms with E-state index in [1.54, 1.807) is 41.5 Å². The van der Waals surface area contributed by atoms with Gasteiger partial charge in [0.15, 0.2) is 5.96 Å². The van der Waals surface area contributed by atoms with Gasteiger partial charge in [-0.15, -0.1) is 0 Å². The van der Waals surface area contributed by atoms with Crippen molar-refractivity contribution in [2.75, 3.05) is 43.9 Å². The van der Waals surface area contributed by atoms with Crippen molar-refractivity contribution in [1.29, 1.82) is 0 Å². The van der Waals surface area contributed by atoms with Crippen LogP contribution in [0.1, 0.15) is 105 Å². The number of carboxylic acid groups (broad SMARTS) is 1. The number of aliphatic imine (C=N–C) groups is 1. The molecular formula is C58H96N18O17S2. The Morgan fingerprint density at radius 3 is 1.42 bits per heavy atom. The predicted molar refractivity (Wildman–Crippen MR) is 352 cm³/mol. The molecule has 14 amide bonds. The zero-order chi connectivity index (χ0) is 72.2. The van der Waals surface area contributed by atoms with E-state index in [2.05, 4.69) is 81.4 Å². The molecule has 35 nitrogen and oxygen atoms in total. The number of nitrogens with two attached hydrogens (primary N) is 5. The lowest BCUT2D eigenvalue weighted by Gasteiger charge is -2.27. The van der Waals surface area contributed by atoms with Gasteiger partial charge in [-0.25, -0.2) is 4.79 Å². The molecule has 0 aliphatic carbocycles. The smallest absolute Gasteiger partial charge is 0.326 e. The third-order valence-corrected chi connectivity index (χ3v) is 15.0. The molecule has 0 unspecified atom stereocenters. The molecule has 11 atom stereocenters. The lowest BCUT2D eigenvalue weighted by Crippen LogP contribution is -2.60. The third kappa shape index (κ3) is 34.1. The minimum Gasteiger partial charge on any atom is -0.508 e. The summed E-state index contributed by atoms with van der Waals surface area (Å²) in [6.45, 7) is 9.39. The van der Waals surface area contributed by atoms with Crippen LogP contribution in [0, 0.1) is 17.8 Å². The second-order valence-corrected chi connectivity index (χ2v) is 24.5. The van der Waals surface area contributed by atoms with Crippen molar-refractivity contribution >= 4 is 119 Å². The van der Waals surface area contributed by atoms with Gasteiger partial charge in [-0.2, -0.15) is 24.4 Å². The molecule has 1 aromatic carbocycles. The molecule has 0 saturated heterocycles. The van der Waals surface area contributed by atoms with Gasteiger partial charge in [0.25, 0.3) is 0 Å². The van der Waals surface area contributed by atoms with Crippen LogP contribution < -0.4 is 92.5 Å². The summed E-state index contributed by atoms with van der Waals surface area (Å²) in [5.74, 6) is -15.8. The SMILES string of the molecule is CC[C@H](C)[C@H](NC(=O)CNC(=O)[C@@H](N)CCSC)C(=O)N[C@@H](C)C(=O)N[C@@H](CC(N)=O)C(=O)N[C@@H](CC(N)=O)C(=O)N[C@@H](CC(C)C)C(=O)N[C@@H](CCCN=C(N)N)C(=O)NCC(=O)N[C@@H](CS)C(=O)NCC(=O)N[C@@H](CC(C)C)C(=O)N[C@@H](Cc1ccc(O)cc1)C(=O)O. The fourth-order valence-electron chi connectivity index (χ4n) is 8.69. The standard InChI is InChI=1S/C58H96N18O17S2/c1-9-30(6)47(76-46(82)26-65-49(84)34(59)16-18-95-8)56(91)68-31(7)48(83)72-38(22-42(60)78)54(89)74-39(23-43(61)79)55(90)73-37(20-29(4)5)53(88)71-35(11-10-17-64-58(62)63)50(85)66-25-45(81)70-41(27-94)51(86)67-24-44(80)69-36(19-28(2)3)52(87)75-40(57(92)93)21-32-12-14-33(77)15-13-32/h12-15,28-31,34-41,47,77,94H,9-11,16-27,59H2,1-8H3,(H2,60,78)(H2,61,79)(H,65,84)(H,66,85)(H,67,86)(H,68,91)(H,69,80)(H,70,81)(H,71,88)(H,72,83)(H,73,90)(H,74,89)(H,75,87)(H,76,82)(H,92,93)(H4,62,63,64)/t30-,31-,34-,35-,36-,37-,38-,39-,40-,41-,47-/m0/s1. The average Bonchev–Trinajstić information content (AvgIpc) is 1.01. The highest BCUT2D eigenvalue weighted by atomic mass is 32.2. The van der Waals surface area contributed by atoms with E-state index in [0.29, 0.717) is 24.2 Å². The molecule has 0 aromatic heterocycles. The van der Waals surface area contributed by atoms with Crippen molar-refractivity contribution < 1.29 is 82.1 Å². The summed E-state index contributed by atoms with van der Waals surface area (Å²) in [5.41, 5.74) is 28.2. The summed E-state index contributed by atoms with van der Waals surface area (Å²) < 4.78 is 0. The predicted octanol–water partition coefficient (Wildman–Crippen LogP) is -6.30. The van der Waals surface area contributed by atoms with Crippen molar-refractivity contribution in [3.05, 3.63) is 29.8 Å². The van der Waals surface area contributed by atoms with E-state index in [0.717, 1.165) is 0 Å². The number of hydrogen-bond donors (Lipinski definition) is 20. The molecule has 0 radical (unpaired) electrons. The Bertz CT molecular complexity index is 2850. The number of aliphatic carboxylic acids is 1. The summed E-state index contributed by atoms with van der Waals surface area (Å²) >= 11 is 5.61. The van der Waals surface area contributed by atoms with Crippen molar-refractivity contribution in [1.82, 2.24) is 63.8 Å². The Labute approximate surface area is 560 Å². The first-order chi connectivity index (χ1) is 44.5. The van der Waals surface area contributed by atoms with E-state index in [1.807, 2.05) is 6.26 Å². The van der Waals surface area contributed by atoms with Gasteiger partial charge >= 0.3 is 5.97 Å². The molecule has 0 aliphatic heterocycles. The van der Waals surface area contributed by atoms with Gasteiger partial charge in [-0.05, 0) is 86.5 Å². The molecule has 0 aliphatic rings. The Hall–Kier alpha value is -9.00. The lowest BCUT2D eigenvalue weighted by atomic mass is 9.98. The van der Waals surface area contributed by atoms with Crippen LogP contribution in [-0.4, -0.2) is 209 Å². The van der Waals surface area contributed by atoms with Gasteiger partial charge in [0.05, 0.1) is 38.5 Å². The highest BCUT2D eigenvalue weighted by Crippen LogP contribution is 2.14. The van der Waals surface area contributed by atoms with Crippen LogP contribution in [0.3, 0.4) is 0 Å². The highest BCUT2D eigenvalue weighted by molar-refractivity contribution is 7.98. The second-order valence-electron chi connectivity index (χ2n) is 23.2. The monoisotopic (exact) mass is 1380 g/mol. The topological polar surface area (TPSA) is 583 Å². The zero-order valence-corrected chi connectivity index (χ0v) is 56.3. The number of carbonyl (C=O) groups is 15. The molecular weight excluding hydrogens is 1280 g/mol. The molecule has 0 fully saturated rings. The van der Waals surface area contributed by atoms with E-state index >= 15 is 0 Å². The first kappa shape index (κ1) is 84.0. The quantitative estimate of drug-likeness (QED) is 0.0125. The van der Waals surface area contributed by atoms with Crippen LogP contribution in [0.2, 0.25) is 0 Å². The van der Waals surface area contributed by atoms with Crippen LogP contribution >= 0.6 is 24.4 Å². The van der Waals surface area contributed by atoms with Crippen molar-refractivity contribution in [3.63, 3.8) is 0 Å². The molecule has 37 heteroatoms. The Morgan fingerprint density at radius 1 is 0.526 bits per heavy atom. The van der Waals surface area contributed by atoms with Crippen molar-refractivity contribution in [2.45, 2.75) is 167 Å². The lowest BCUT2D eigenvalue weighted by molar-refractivity contribution is -0.142. The number of nitrogens with one attached hydrogen (secondary N) is 12. The number of thiol groups is 1. The maximum Gasteiger partial charge on any atom is 0.326 e. The molecule has 532 valence electrons. The molecule has 0 bridgehead atoms. The van der Waals surface area contributed by atoms with Crippen LogP contribution in [0.25, 0.3) is 0 Å². The number of nitrogens with zero attached hydrogens (tertiary/aromatic N) is 1. The van der Waals surface area contributed by atoms with E-state index in [4.69, 9.17) is 28.7 Å². The Balaban J connectivity index is 3.23. The molecule has 95 heavy (non-hydrogen) atoms. The summed E-state index contributed by atoms with van der Waals surface area (Å²) in [5, 5.41) is 48.2. The highest BCUT2D eigenvalue weighted by Gasteiger charge is 2.36. The third-order valence-electron chi connectivity index (χ3n) is 14.0. The fraction of sp³-hybridized carbons (Fsp3) is 0.621. The molecule has 0 spiro atoms. The number of carbonyl (C=O) groups excluding carboxylic acids is 14. The van der Waals surface area contributed by atoms with E-state index in [9.17, 15) is 82.1 Å². The van der Waals surface area contributed by atoms with Crippen molar-refractivity contribution in [3.8, 4) is 5.75 Å². The number of aromatic hydroxyl groups is 1. The summed E-state index contributed by atoms with van der Waals surface area (Å²) in [4.78, 5) is 202. The largest absolute Gasteiger partial charge is 0.508 e. The molecule has 1 aromatic rings.